The van der Waals surface area contributed by atoms with E-state index >= 15 is 0 Å². The highest BCUT2D eigenvalue weighted by Crippen LogP contribution is 2.49. The molecule has 1 aromatic heterocycles. The lowest BCUT2D eigenvalue weighted by Gasteiger charge is -2.28. The van der Waals surface area contributed by atoms with Crippen molar-refractivity contribution in [3.05, 3.63) is 164 Å². The zero-order chi connectivity index (χ0) is 31.3. The van der Waals surface area contributed by atoms with Gasteiger partial charge in [-0.3, -0.25) is 0 Å². The fourth-order valence-corrected chi connectivity index (χ4v) is 8.40. The molecule has 10 aromatic carbocycles. The van der Waals surface area contributed by atoms with Crippen molar-refractivity contribution in [3.8, 4) is 0 Å². The molecule has 0 aliphatic rings. The van der Waals surface area contributed by atoms with Crippen LogP contribution in [0.1, 0.15) is 0 Å². The molecule has 0 aliphatic heterocycles. The topological polar surface area (TPSA) is 16.4 Å². The summed E-state index contributed by atoms with van der Waals surface area (Å²) < 4.78 is 6.41. The Kier molecular flexibility index (Phi) is 5.14. The average molecular weight is 610 g/mol. The van der Waals surface area contributed by atoms with Crippen molar-refractivity contribution < 1.29 is 4.42 Å². The monoisotopic (exact) mass is 609 g/mol. The van der Waals surface area contributed by atoms with Crippen molar-refractivity contribution in [1.82, 2.24) is 0 Å². The number of para-hydroxylation sites is 2. The van der Waals surface area contributed by atoms with E-state index in [4.69, 9.17) is 4.42 Å². The van der Waals surface area contributed by atoms with Crippen molar-refractivity contribution in [1.29, 1.82) is 0 Å². The maximum atomic E-state index is 6.41. The number of rotatable bonds is 3. The highest BCUT2D eigenvalue weighted by Gasteiger charge is 2.23. The molecule has 0 saturated heterocycles. The van der Waals surface area contributed by atoms with Crippen LogP contribution in [0.3, 0.4) is 0 Å². The summed E-state index contributed by atoms with van der Waals surface area (Å²) >= 11 is 0. The number of nitrogens with zero attached hydrogens (tertiary/aromatic N) is 1. The van der Waals surface area contributed by atoms with Crippen LogP contribution in [0, 0.1) is 0 Å². The second-order valence-electron chi connectivity index (χ2n) is 12.8. The largest absolute Gasteiger partial charge is 0.456 e. The van der Waals surface area contributed by atoms with E-state index in [0.29, 0.717) is 0 Å². The molecular formula is C46H27NO. The van der Waals surface area contributed by atoms with Crippen LogP contribution in [0.2, 0.25) is 0 Å². The molecule has 1 heterocycles. The number of hydrogen-bond acceptors (Lipinski definition) is 2. The molecule has 222 valence electrons. The molecule has 0 bridgehead atoms. The highest BCUT2D eigenvalue weighted by molar-refractivity contribution is 6.38. The predicted molar refractivity (Wildman–Crippen MR) is 205 cm³/mol. The van der Waals surface area contributed by atoms with Gasteiger partial charge in [-0.25, -0.2) is 0 Å². The number of hydrogen-bond donors (Lipinski definition) is 0. The highest BCUT2D eigenvalue weighted by atomic mass is 16.3. The van der Waals surface area contributed by atoms with Gasteiger partial charge in [-0.1, -0.05) is 127 Å². The second-order valence-corrected chi connectivity index (χ2v) is 12.8. The second kappa shape index (κ2) is 9.57. The maximum Gasteiger partial charge on any atom is 0.137 e. The van der Waals surface area contributed by atoms with Crippen LogP contribution < -0.4 is 4.90 Å². The minimum Gasteiger partial charge on any atom is -0.456 e. The third kappa shape index (κ3) is 3.41. The Labute approximate surface area is 276 Å². The predicted octanol–water partition coefficient (Wildman–Crippen LogP) is 13.4. The van der Waals surface area contributed by atoms with Crippen LogP contribution >= 0.6 is 0 Å². The Hall–Kier alpha value is -6.38. The molecule has 11 aromatic rings. The zero-order valence-electron chi connectivity index (χ0n) is 25.9. The van der Waals surface area contributed by atoms with Crippen molar-refractivity contribution in [2.24, 2.45) is 0 Å². The Bertz CT molecular complexity index is 3060. The lowest BCUT2D eigenvalue weighted by atomic mass is 9.87. The molecule has 0 amide bonds. The quantitative estimate of drug-likeness (QED) is 0.185. The van der Waals surface area contributed by atoms with Gasteiger partial charge in [0, 0.05) is 21.8 Å². The van der Waals surface area contributed by atoms with Gasteiger partial charge in [-0.2, -0.15) is 0 Å². The third-order valence-electron chi connectivity index (χ3n) is 10.3. The molecule has 0 N–H and O–H groups in total. The molecule has 0 saturated carbocycles. The maximum absolute atomic E-state index is 6.41. The van der Waals surface area contributed by atoms with Crippen molar-refractivity contribution >= 4 is 104 Å². The van der Waals surface area contributed by atoms with Crippen LogP contribution in [-0.4, -0.2) is 0 Å². The fraction of sp³-hybridized carbons (Fsp3) is 0. The average Bonchev–Trinajstić information content (AvgIpc) is 3.53. The van der Waals surface area contributed by atoms with Gasteiger partial charge in [0.25, 0.3) is 0 Å². The summed E-state index contributed by atoms with van der Waals surface area (Å²) in [5, 5.41) is 17.5. The number of fused-ring (bicyclic) bond motifs is 5. The lowest BCUT2D eigenvalue weighted by Crippen LogP contribution is -2.11. The smallest absolute Gasteiger partial charge is 0.137 e. The van der Waals surface area contributed by atoms with E-state index in [2.05, 4.69) is 163 Å². The Balaban J connectivity index is 1.38. The summed E-state index contributed by atoms with van der Waals surface area (Å²) in [4.78, 5) is 2.43. The first kappa shape index (κ1) is 25.8. The van der Waals surface area contributed by atoms with E-state index < -0.39 is 0 Å². The molecule has 0 radical (unpaired) electrons. The number of benzene rings is 9. The van der Waals surface area contributed by atoms with E-state index in [1.807, 2.05) is 6.07 Å². The number of furan rings is 1. The molecule has 2 heteroatoms. The first-order valence-corrected chi connectivity index (χ1v) is 16.5. The van der Waals surface area contributed by atoms with Crippen LogP contribution in [0.4, 0.5) is 17.1 Å². The first-order valence-electron chi connectivity index (χ1n) is 16.5. The SMILES string of the molecule is c1ccc(N(c2cc3cccc4c5cccc6ccc7cccc(c8cccc2c8c34)c7c65)c2cccc3oc4ccccc4c23)cc1. The minimum absolute atomic E-state index is 0.883. The molecule has 0 atom stereocenters. The van der Waals surface area contributed by atoms with E-state index in [9.17, 15) is 0 Å². The molecule has 0 fully saturated rings. The van der Waals surface area contributed by atoms with Crippen LogP contribution in [0.25, 0.3) is 86.6 Å². The summed E-state index contributed by atoms with van der Waals surface area (Å²) in [6.45, 7) is 0. The molecule has 11 rings (SSSR count). The molecule has 0 spiro atoms. The molecule has 2 nitrogen and oxygen atoms in total. The van der Waals surface area contributed by atoms with Crippen molar-refractivity contribution in [2.75, 3.05) is 4.90 Å². The molecular weight excluding hydrogens is 583 g/mol. The summed E-state index contributed by atoms with van der Waals surface area (Å²) in [5.41, 5.74) is 5.11. The van der Waals surface area contributed by atoms with Gasteiger partial charge >= 0.3 is 0 Å². The van der Waals surface area contributed by atoms with Gasteiger partial charge in [0.2, 0.25) is 0 Å². The summed E-state index contributed by atoms with van der Waals surface area (Å²) in [6, 6.07) is 59.7. The normalized spacial score (nSPS) is 12.2. The standard InChI is InChI=1S/C46H27NO/c1-2-14-31(15-3-1)47(38-22-10-24-41-46(38)37-16-4-5-23-40(37)48-41)39-27-30-13-8-19-33-32-17-6-11-28-25-26-29-12-7-18-34(43(29)42(28)32)35-20-9-21-36(39)45(35)44(30)33/h1-27H. The summed E-state index contributed by atoms with van der Waals surface area (Å²) in [5.74, 6) is 0. The Morgan fingerprint density at radius 1 is 0.312 bits per heavy atom. The lowest BCUT2D eigenvalue weighted by molar-refractivity contribution is 0.669. The van der Waals surface area contributed by atoms with Crippen LogP contribution in [-0.2, 0) is 0 Å². The van der Waals surface area contributed by atoms with Crippen molar-refractivity contribution in [3.63, 3.8) is 0 Å². The Morgan fingerprint density at radius 3 is 1.56 bits per heavy atom. The van der Waals surface area contributed by atoms with Crippen molar-refractivity contribution in [2.45, 2.75) is 0 Å². The molecule has 0 aliphatic carbocycles. The van der Waals surface area contributed by atoms with Gasteiger partial charge in [0.05, 0.1) is 16.8 Å². The fourth-order valence-electron chi connectivity index (χ4n) is 8.40. The molecule has 0 unspecified atom stereocenters. The minimum atomic E-state index is 0.883. The van der Waals surface area contributed by atoms with Gasteiger partial charge in [0.1, 0.15) is 11.2 Å². The third-order valence-corrected chi connectivity index (χ3v) is 10.3. The van der Waals surface area contributed by atoms with Crippen LogP contribution in [0.15, 0.2) is 168 Å². The van der Waals surface area contributed by atoms with Gasteiger partial charge in [-0.05, 0) is 90.3 Å². The first-order chi connectivity index (χ1) is 23.8. The van der Waals surface area contributed by atoms with Crippen LogP contribution in [0.5, 0.6) is 0 Å². The van der Waals surface area contributed by atoms with E-state index in [-0.39, 0.29) is 0 Å². The van der Waals surface area contributed by atoms with E-state index in [0.717, 1.165) is 39.0 Å². The summed E-state index contributed by atoms with van der Waals surface area (Å²) in [6.07, 6.45) is 0. The van der Waals surface area contributed by atoms with Gasteiger partial charge < -0.3 is 9.32 Å². The van der Waals surface area contributed by atoms with Gasteiger partial charge in [0.15, 0.2) is 0 Å². The molecule has 48 heavy (non-hydrogen) atoms. The summed E-state index contributed by atoms with van der Waals surface area (Å²) in [7, 11) is 0. The van der Waals surface area contributed by atoms with E-state index in [1.54, 1.807) is 0 Å². The zero-order valence-corrected chi connectivity index (χ0v) is 25.9. The Morgan fingerprint density at radius 2 is 0.833 bits per heavy atom. The number of anilines is 3. The van der Waals surface area contributed by atoms with E-state index in [1.165, 1.54) is 64.6 Å². The van der Waals surface area contributed by atoms with Gasteiger partial charge in [-0.15, -0.1) is 0 Å².